The van der Waals surface area contributed by atoms with E-state index in [4.69, 9.17) is 34.2 Å². The van der Waals surface area contributed by atoms with E-state index in [1.165, 1.54) is 24.4 Å². The number of nitrogens with one attached hydrogen (secondary N) is 2. The Kier molecular flexibility index (Phi) is 16.3. The number of amides is 2. The molecule has 2 amide bonds. The third-order valence-electron chi connectivity index (χ3n) is 14.1. The number of rotatable bonds is 9. The minimum Gasteiger partial charge on any atom is -0.475 e. The molecule has 82 heavy (non-hydrogen) atoms. The van der Waals surface area contributed by atoms with Crippen molar-refractivity contribution in [2.75, 3.05) is 83.7 Å². The van der Waals surface area contributed by atoms with E-state index in [0.29, 0.717) is 66.9 Å². The second kappa shape index (κ2) is 23.2. The molecule has 4 atom stereocenters. The molecular weight excluding hydrogens is 1080 g/mol. The molecule has 4 N–H and O–H groups in total. The number of alkyl halides is 6. The minimum absolute atomic E-state index is 0.0325. The highest BCUT2D eigenvalue weighted by Gasteiger charge is 2.41. The number of ether oxygens (including phenoxy) is 6. The normalized spacial score (nSPS) is 21.1. The maximum absolute atomic E-state index is 13.8. The van der Waals surface area contributed by atoms with Gasteiger partial charge in [0.05, 0.1) is 41.8 Å². The predicted octanol–water partition coefficient (Wildman–Crippen LogP) is 9.27. The summed E-state index contributed by atoms with van der Waals surface area (Å²) in [5.41, 5.74) is 7.53. The van der Waals surface area contributed by atoms with E-state index in [2.05, 4.69) is 60.3 Å². The van der Waals surface area contributed by atoms with Crippen molar-refractivity contribution in [2.45, 2.75) is 115 Å². The molecule has 12 rings (SSSR count). The zero-order valence-corrected chi connectivity index (χ0v) is 45.8. The van der Waals surface area contributed by atoms with Gasteiger partial charge in [-0.2, -0.15) is 36.3 Å². The van der Waals surface area contributed by atoms with E-state index in [-0.39, 0.29) is 54.0 Å². The Morgan fingerprint density at radius 1 is 0.707 bits per heavy atom. The molecule has 21 nitrogen and oxygen atoms in total. The van der Waals surface area contributed by atoms with Gasteiger partial charge in [-0.25, -0.2) is 34.7 Å². The fourth-order valence-electron chi connectivity index (χ4n) is 10.5. The van der Waals surface area contributed by atoms with Crippen LogP contribution in [0.5, 0.6) is 11.8 Å². The Labute approximate surface area is 468 Å². The summed E-state index contributed by atoms with van der Waals surface area (Å²) < 4.78 is 113. The van der Waals surface area contributed by atoms with Gasteiger partial charge in [0.2, 0.25) is 23.7 Å². The third kappa shape index (κ3) is 13.6. The topological polar surface area (TPSA) is 235 Å². The Morgan fingerprint density at radius 3 is 1.83 bits per heavy atom. The molecule has 0 aliphatic carbocycles. The fourth-order valence-corrected chi connectivity index (χ4v) is 10.5. The molecule has 436 valence electrons. The lowest BCUT2D eigenvalue weighted by Crippen LogP contribution is -2.56. The van der Waals surface area contributed by atoms with Crippen LogP contribution in [0.15, 0.2) is 73.1 Å². The van der Waals surface area contributed by atoms with Gasteiger partial charge in [0.25, 0.3) is 0 Å². The number of nitrogen functional groups attached to an aromatic ring is 1. The quantitative estimate of drug-likeness (QED) is 0.114. The van der Waals surface area contributed by atoms with Crippen LogP contribution < -0.4 is 40.5 Å². The molecule has 27 heteroatoms. The molecule has 0 saturated carbocycles. The van der Waals surface area contributed by atoms with Crippen molar-refractivity contribution in [3.63, 3.8) is 0 Å². The maximum Gasteiger partial charge on any atom is 0.416 e. The van der Waals surface area contributed by atoms with Crippen LogP contribution in [-0.2, 0) is 31.3 Å². The molecule has 6 aliphatic heterocycles. The second-order valence-electron chi connectivity index (χ2n) is 21.3. The number of nitrogens with two attached hydrogens (primary N) is 1. The van der Waals surface area contributed by atoms with E-state index < -0.39 is 41.1 Å². The second-order valence-corrected chi connectivity index (χ2v) is 21.3. The molecule has 4 fully saturated rings. The first-order valence-corrected chi connectivity index (χ1v) is 26.7. The van der Waals surface area contributed by atoms with Crippen molar-refractivity contribution in [2.24, 2.45) is 0 Å². The first-order chi connectivity index (χ1) is 38.9. The van der Waals surface area contributed by atoms with Gasteiger partial charge < -0.3 is 49.3 Å². The fraction of sp³-hybridized carbons (Fsp3) is 0.473. The number of hydrogen-bond donors (Lipinski definition) is 3. The molecule has 2 aromatic carbocycles. The number of carbonyl (C=O) groups is 1. The van der Waals surface area contributed by atoms with Crippen LogP contribution in [-0.4, -0.2) is 134 Å². The van der Waals surface area contributed by atoms with E-state index in [1.54, 1.807) is 36.2 Å². The first kappa shape index (κ1) is 57.5. The van der Waals surface area contributed by atoms with Gasteiger partial charge in [-0.15, -0.1) is 0 Å². The average molecular weight is 1150 g/mol. The van der Waals surface area contributed by atoms with Crippen molar-refractivity contribution in [3.05, 3.63) is 95.6 Å². The number of benzene rings is 2. The van der Waals surface area contributed by atoms with Crippen LogP contribution in [0.1, 0.15) is 75.9 Å². The number of urea groups is 1. The first-order valence-electron chi connectivity index (χ1n) is 26.7. The molecule has 0 radical (unpaired) electrons. The van der Waals surface area contributed by atoms with Gasteiger partial charge in [-0.05, 0) is 91.5 Å². The summed E-state index contributed by atoms with van der Waals surface area (Å²) in [5, 5.41) is 6.16. The van der Waals surface area contributed by atoms with Gasteiger partial charge >= 0.3 is 18.4 Å². The monoisotopic (exact) mass is 1140 g/mol. The Hall–Kier alpha value is -7.75. The largest absolute Gasteiger partial charge is 0.475 e. The smallest absolute Gasteiger partial charge is 0.416 e. The highest BCUT2D eigenvalue weighted by Crippen LogP contribution is 2.42. The number of fused-ring (bicyclic) bond motifs is 8. The number of carbonyl (C=O) groups excluding carboxylic acids is 1. The van der Waals surface area contributed by atoms with Crippen molar-refractivity contribution in [1.29, 1.82) is 0 Å². The number of piperidine rings is 2. The zero-order chi connectivity index (χ0) is 58.1. The minimum atomic E-state index is -4.51. The lowest BCUT2D eigenvalue weighted by atomic mass is 9.99. The number of anilines is 6. The zero-order valence-electron chi connectivity index (χ0n) is 45.8. The lowest BCUT2D eigenvalue weighted by molar-refractivity contribution is -0.142. The molecule has 0 unspecified atom stereocenters. The van der Waals surface area contributed by atoms with Crippen LogP contribution in [0.2, 0.25) is 0 Å². The van der Waals surface area contributed by atoms with Crippen LogP contribution in [0, 0.1) is 13.8 Å². The molecular formula is C55H62F6N14O7. The highest BCUT2D eigenvalue weighted by atomic mass is 19.4. The van der Waals surface area contributed by atoms with E-state index >= 15 is 0 Å². The SMILES string of the molecule is CC1(C)OC[C@H](COc2ccnc(N)n2)O1.Cc1nc(-c2cccc(C(F)(F)F)c2)nc2c1N1CCC[C@@H](C1)N2.Cc1nc(-c2cccc(C(F)(F)F)c2)nc2c1N1CCC[C@@H](C1)N2C(=O)Nc1nccc(OC[C@H]2COC(C)(C)O2)n1. The Morgan fingerprint density at radius 2 is 1.26 bits per heavy atom. The maximum atomic E-state index is 13.8. The Balaban J connectivity index is 0.000000157. The molecule has 0 spiro atoms. The summed E-state index contributed by atoms with van der Waals surface area (Å²) in [6, 6.07) is 12.9. The number of hydrogen-bond acceptors (Lipinski definition) is 19. The molecule has 6 aromatic rings. The summed E-state index contributed by atoms with van der Waals surface area (Å²) >= 11 is 0. The summed E-state index contributed by atoms with van der Waals surface area (Å²) in [5.74, 6) is 1.20. The van der Waals surface area contributed by atoms with Gasteiger partial charge in [-0.1, -0.05) is 24.3 Å². The molecule has 4 aromatic heterocycles. The number of nitrogens with zero attached hydrogens (tertiary/aromatic N) is 11. The molecule has 4 bridgehead atoms. The summed E-state index contributed by atoms with van der Waals surface area (Å²) in [7, 11) is 0. The lowest BCUT2D eigenvalue weighted by Gasteiger charge is -2.46. The van der Waals surface area contributed by atoms with Crippen LogP contribution in [0.3, 0.4) is 0 Å². The van der Waals surface area contributed by atoms with Crippen molar-refractivity contribution < 1.29 is 59.6 Å². The summed E-state index contributed by atoms with van der Waals surface area (Å²) in [6.45, 7) is 15.8. The van der Waals surface area contributed by atoms with Gasteiger partial charge in [0.15, 0.2) is 34.9 Å². The van der Waals surface area contributed by atoms with E-state index in [0.717, 1.165) is 86.8 Å². The van der Waals surface area contributed by atoms with Crippen molar-refractivity contribution in [1.82, 2.24) is 39.9 Å². The Bertz CT molecular complexity index is 3280. The summed E-state index contributed by atoms with van der Waals surface area (Å²) in [4.78, 5) is 54.0. The van der Waals surface area contributed by atoms with Gasteiger partial charge in [-0.3, -0.25) is 10.2 Å². The van der Waals surface area contributed by atoms with Crippen LogP contribution in [0.25, 0.3) is 22.8 Å². The summed E-state index contributed by atoms with van der Waals surface area (Å²) in [6.07, 6.45) is -2.43. The number of aryl methyl sites for hydroxylation is 2. The van der Waals surface area contributed by atoms with E-state index in [1.807, 2.05) is 34.6 Å². The van der Waals surface area contributed by atoms with Gasteiger partial charge in [0, 0.05) is 67.9 Å². The standard InChI is InChI=1S/C28H30F3N7O4.C17H17F3N4.C10H15N3O3/c1-16-22-24(35-23(33-16)17-6-4-7-18(12-17)28(29,30)31)38(19-8-5-11-37(22)13-19)26(39)36-25-32-10-9-21(34-25)40-14-20-15-41-27(2,3)42-20;1-10-14-16(22-13-6-3-7-24(14)9-13)23-15(21-10)11-4-2-5-12(8-11)17(18,19)20;1-10(2)15-6-7(16-10)5-14-8-3-4-12-9(11)13-8/h4,6-7,9-10,12,19-20H,5,8,11,13-15H2,1-3H3,(H,32,34,36,39);2,4-5,8,13H,3,6-7,9H2,1H3,(H,21,22,23);3-4,7H,5-6H2,1-2H3,(H2,11,12,13)/t19-,20-;13-;7-/m000/s1. The number of halogens is 6. The molecule has 4 saturated heterocycles. The van der Waals surface area contributed by atoms with Crippen molar-refractivity contribution >= 4 is 40.9 Å². The predicted molar refractivity (Wildman–Crippen MR) is 289 cm³/mol. The number of aromatic nitrogens is 8. The van der Waals surface area contributed by atoms with Crippen molar-refractivity contribution in [3.8, 4) is 34.5 Å². The van der Waals surface area contributed by atoms with Crippen LogP contribution in [0.4, 0.5) is 66.0 Å². The van der Waals surface area contributed by atoms with Crippen LogP contribution >= 0.6 is 0 Å². The molecule has 6 aliphatic rings. The van der Waals surface area contributed by atoms with Gasteiger partial charge in [0.1, 0.15) is 36.8 Å². The van der Waals surface area contributed by atoms with E-state index in [9.17, 15) is 31.1 Å². The highest BCUT2D eigenvalue weighted by molar-refractivity contribution is 6.04. The average Bonchev–Trinajstić information content (AvgIpc) is 2.48. The molecule has 10 heterocycles. The third-order valence-corrected chi connectivity index (χ3v) is 14.1.